The summed E-state index contributed by atoms with van der Waals surface area (Å²) in [5.41, 5.74) is 4.14. The summed E-state index contributed by atoms with van der Waals surface area (Å²) in [5, 5.41) is 0. The fraction of sp³-hybridized carbons (Fsp3) is 0.533. The van der Waals surface area contributed by atoms with Gasteiger partial charge in [0.2, 0.25) is 0 Å². The number of rotatable bonds is 1. The molecule has 1 aromatic heterocycles. The molecule has 0 bridgehead atoms. The van der Waals surface area contributed by atoms with E-state index >= 15 is 0 Å². The summed E-state index contributed by atoms with van der Waals surface area (Å²) in [6, 6.07) is 6.46. The Morgan fingerprint density at radius 3 is 2.79 bits per heavy atom. The lowest BCUT2D eigenvalue weighted by Crippen LogP contribution is -2.58. The lowest BCUT2D eigenvalue weighted by atomic mass is 9.73. The summed E-state index contributed by atoms with van der Waals surface area (Å²) in [7, 11) is 2.05. The lowest BCUT2D eigenvalue weighted by molar-refractivity contribution is -0.000108. The topological polar surface area (TPSA) is 30.3 Å². The van der Waals surface area contributed by atoms with E-state index in [1.807, 2.05) is 6.33 Å². The minimum atomic E-state index is 0.509. The number of ether oxygens (including phenoxy) is 1. The molecule has 0 saturated carbocycles. The first-order valence-corrected chi connectivity index (χ1v) is 7.00. The number of hydrogen-bond acceptors (Lipinski definition) is 3. The van der Waals surface area contributed by atoms with Crippen LogP contribution in [0, 0.1) is 5.41 Å². The average molecular weight is 257 g/mol. The fourth-order valence-corrected chi connectivity index (χ4v) is 3.45. The van der Waals surface area contributed by atoms with E-state index in [-0.39, 0.29) is 0 Å². The predicted molar refractivity (Wildman–Crippen MR) is 75.4 cm³/mol. The number of hydrogen-bond donors (Lipinski definition) is 0. The molecule has 2 aliphatic rings. The van der Waals surface area contributed by atoms with Crippen LogP contribution in [-0.2, 0) is 11.8 Å². The lowest BCUT2D eigenvalue weighted by Gasteiger charge is -2.53. The standard InChI is InChI=1S/C15H19N3O/c1-17-11-16-14-12(17)3-2-4-13(14)18-9-15(10-18)5-7-19-8-6-15/h2-4,11H,5-10H2,1H3. The Balaban J connectivity index is 1.63. The Morgan fingerprint density at radius 2 is 2.00 bits per heavy atom. The Bertz CT molecular complexity index is 605. The molecule has 4 nitrogen and oxygen atoms in total. The quantitative estimate of drug-likeness (QED) is 0.784. The second kappa shape index (κ2) is 3.97. The van der Waals surface area contributed by atoms with Gasteiger partial charge in [0.1, 0.15) is 5.52 Å². The monoisotopic (exact) mass is 257 g/mol. The maximum absolute atomic E-state index is 5.48. The molecule has 2 fully saturated rings. The van der Waals surface area contributed by atoms with Crippen molar-refractivity contribution in [2.45, 2.75) is 12.8 Å². The summed E-state index contributed by atoms with van der Waals surface area (Å²) in [5.74, 6) is 0. The van der Waals surface area contributed by atoms with Gasteiger partial charge < -0.3 is 14.2 Å². The first-order chi connectivity index (χ1) is 9.27. The second-order valence-electron chi connectivity index (χ2n) is 5.97. The summed E-state index contributed by atoms with van der Waals surface area (Å²) in [4.78, 5) is 7.02. The molecule has 2 aliphatic heterocycles. The number of para-hydroxylation sites is 1. The van der Waals surface area contributed by atoms with Crippen LogP contribution in [0.15, 0.2) is 24.5 Å². The zero-order valence-corrected chi connectivity index (χ0v) is 11.3. The van der Waals surface area contributed by atoms with Crippen LogP contribution in [0.25, 0.3) is 11.0 Å². The predicted octanol–water partition coefficient (Wildman–Crippen LogP) is 2.19. The van der Waals surface area contributed by atoms with Crippen molar-refractivity contribution in [2.24, 2.45) is 12.5 Å². The number of fused-ring (bicyclic) bond motifs is 1. The molecule has 0 unspecified atom stereocenters. The van der Waals surface area contributed by atoms with Gasteiger partial charge in [0.25, 0.3) is 0 Å². The maximum atomic E-state index is 5.48. The van der Waals surface area contributed by atoms with Crippen LogP contribution in [0.1, 0.15) is 12.8 Å². The van der Waals surface area contributed by atoms with E-state index < -0.39 is 0 Å². The van der Waals surface area contributed by atoms with Crippen molar-refractivity contribution >= 4 is 16.7 Å². The minimum absolute atomic E-state index is 0.509. The van der Waals surface area contributed by atoms with Crippen molar-refractivity contribution in [1.29, 1.82) is 0 Å². The molecule has 4 heteroatoms. The highest BCUT2D eigenvalue weighted by Crippen LogP contribution is 2.43. The van der Waals surface area contributed by atoms with E-state index in [4.69, 9.17) is 4.74 Å². The Hall–Kier alpha value is -1.55. The Morgan fingerprint density at radius 1 is 1.21 bits per heavy atom. The van der Waals surface area contributed by atoms with E-state index in [9.17, 15) is 0 Å². The number of anilines is 1. The number of nitrogens with zero attached hydrogens (tertiary/aromatic N) is 3. The van der Waals surface area contributed by atoms with E-state index in [0.29, 0.717) is 5.41 Å². The number of aromatic nitrogens is 2. The van der Waals surface area contributed by atoms with Crippen molar-refractivity contribution < 1.29 is 4.74 Å². The van der Waals surface area contributed by atoms with Crippen LogP contribution in [0.3, 0.4) is 0 Å². The van der Waals surface area contributed by atoms with Gasteiger partial charge in [-0.3, -0.25) is 0 Å². The SMILES string of the molecule is Cn1cnc2c(N3CC4(CCOCC4)C3)cccc21. The first-order valence-electron chi connectivity index (χ1n) is 7.00. The molecule has 0 amide bonds. The summed E-state index contributed by atoms with van der Waals surface area (Å²) in [6.45, 7) is 4.18. The van der Waals surface area contributed by atoms with Gasteiger partial charge in [-0.1, -0.05) is 6.07 Å². The van der Waals surface area contributed by atoms with Gasteiger partial charge in [0.15, 0.2) is 0 Å². The van der Waals surface area contributed by atoms with Crippen LogP contribution in [-0.4, -0.2) is 35.9 Å². The molecule has 0 atom stereocenters. The second-order valence-corrected chi connectivity index (χ2v) is 5.97. The molecule has 1 aromatic carbocycles. The van der Waals surface area contributed by atoms with E-state index in [1.165, 1.54) is 24.0 Å². The van der Waals surface area contributed by atoms with Crippen molar-refractivity contribution in [2.75, 3.05) is 31.2 Å². The van der Waals surface area contributed by atoms with Crippen molar-refractivity contribution in [1.82, 2.24) is 9.55 Å². The third-order valence-electron chi connectivity index (χ3n) is 4.68. The van der Waals surface area contributed by atoms with Crippen molar-refractivity contribution in [3.05, 3.63) is 24.5 Å². The zero-order chi connectivity index (χ0) is 12.9. The molecule has 19 heavy (non-hydrogen) atoms. The molecule has 2 aromatic rings. The van der Waals surface area contributed by atoms with Gasteiger partial charge in [-0.2, -0.15) is 0 Å². The number of imidazole rings is 1. The maximum Gasteiger partial charge on any atom is 0.112 e. The van der Waals surface area contributed by atoms with Gasteiger partial charge in [0.05, 0.1) is 17.5 Å². The van der Waals surface area contributed by atoms with Gasteiger partial charge >= 0.3 is 0 Å². The molecule has 0 radical (unpaired) electrons. The van der Waals surface area contributed by atoms with Gasteiger partial charge in [-0.25, -0.2) is 4.98 Å². The molecule has 3 heterocycles. The third-order valence-corrected chi connectivity index (χ3v) is 4.68. The smallest absolute Gasteiger partial charge is 0.112 e. The highest BCUT2D eigenvalue weighted by molar-refractivity contribution is 5.89. The largest absolute Gasteiger partial charge is 0.381 e. The average Bonchev–Trinajstić information content (AvgIpc) is 2.79. The van der Waals surface area contributed by atoms with Crippen LogP contribution < -0.4 is 4.90 Å². The molecule has 1 spiro atoms. The van der Waals surface area contributed by atoms with E-state index in [2.05, 4.69) is 39.7 Å². The normalized spacial score (nSPS) is 21.8. The van der Waals surface area contributed by atoms with Gasteiger partial charge in [-0.05, 0) is 25.0 Å². The van der Waals surface area contributed by atoms with Gasteiger partial charge in [-0.15, -0.1) is 0 Å². The first kappa shape index (κ1) is 11.3. The summed E-state index contributed by atoms with van der Waals surface area (Å²) < 4.78 is 7.57. The minimum Gasteiger partial charge on any atom is -0.381 e. The summed E-state index contributed by atoms with van der Waals surface area (Å²) in [6.07, 6.45) is 4.32. The van der Waals surface area contributed by atoms with Crippen LogP contribution in [0.2, 0.25) is 0 Å². The Kier molecular flexibility index (Phi) is 2.36. The molecule has 0 aliphatic carbocycles. The fourth-order valence-electron chi connectivity index (χ4n) is 3.45. The van der Waals surface area contributed by atoms with Crippen LogP contribution >= 0.6 is 0 Å². The van der Waals surface area contributed by atoms with Crippen molar-refractivity contribution in [3.63, 3.8) is 0 Å². The molecular formula is C15H19N3O. The molecule has 2 saturated heterocycles. The van der Waals surface area contributed by atoms with E-state index in [1.54, 1.807) is 0 Å². The molecule has 100 valence electrons. The highest BCUT2D eigenvalue weighted by Gasteiger charge is 2.44. The highest BCUT2D eigenvalue weighted by atomic mass is 16.5. The van der Waals surface area contributed by atoms with Crippen LogP contribution in [0.4, 0.5) is 5.69 Å². The summed E-state index contributed by atoms with van der Waals surface area (Å²) >= 11 is 0. The van der Waals surface area contributed by atoms with E-state index in [0.717, 1.165) is 31.8 Å². The molecule has 4 rings (SSSR count). The number of aryl methyl sites for hydroxylation is 1. The van der Waals surface area contributed by atoms with Gasteiger partial charge in [0, 0.05) is 38.8 Å². The number of benzene rings is 1. The van der Waals surface area contributed by atoms with Crippen molar-refractivity contribution in [3.8, 4) is 0 Å². The molecular weight excluding hydrogens is 238 g/mol. The molecule has 0 N–H and O–H groups in total. The zero-order valence-electron chi connectivity index (χ0n) is 11.3. The third kappa shape index (κ3) is 1.66. The Labute approximate surface area is 113 Å². The van der Waals surface area contributed by atoms with Crippen LogP contribution in [0.5, 0.6) is 0 Å².